The summed E-state index contributed by atoms with van der Waals surface area (Å²) in [5.74, 6) is 0.556. The van der Waals surface area contributed by atoms with Gasteiger partial charge in [0.15, 0.2) is 0 Å². The van der Waals surface area contributed by atoms with Crippen molar-refractivity contribution in [3.63, 3.8) is 0 Å². The molecule has 11 heavy (non-hydrogen) atoms. The Morgan fingerprint density at radius 3 is 2.45 bits per heavy atom. The minimum atomic E-state index is 0. The van der Waals surface area contributed by atoms with Gasteiger partial charge in [-0.15, -0.1) is 24.6 Å². The van der Waals surface area contributed by atoms with Crippen LogP contribution in [-0.2, 0) is 21.7 Å². The monoisotopic (exact) mass is 203 g/mol. The average Bonchev–Trinajstić information content (AvgIpc) is 2.40. The summed E-state index contributed by atoms with van der Waals surface area (Å²) in [6, 6.07) is 0. The summed E-state index contributed by atoms with van der Waals surface area (Å²) in [6.07, 6.45) is 9.97. The van der Waals surface area contributed by atoms with Crippen molar-refractivity contribution >= 4 is 11.6 Å². The fraction of sp³-hybridized carbons (Fsp3) is 0.333. The van der Waals surface area contributed by atoms with Gasteiger partial charge < -0.3 is 0 Å². The van der Waals surface area contributed by atoms with Crippen molar-refractivity contribution in [2.75, 3.05) is 5.88 Å². The molecule has 1 rings (SSSR count). The van der Waals surface area contributed by atoms with E-state index in [4.69, 9.17) is 11.6 Å². The van der Waals surface area contributed by atoms with Crippen molar-refractivity contribution in [3.8, 4) is 0 Å². The maximum Gasteiger partial charge on any atom is 0.0401 e. The number of alkyl halides is 1. The molecule has 0 fully saturated rings. The second kappa shape index (κ2) is 10.2. The smallest absolute Gasteiger partial charge is 0.0401 e. The van der Waals surface area contributed by atoms with E-state index in [-0.39, 0.29) is 21.7 Å². The molecule has 2 heteroatoms. The van der Waals surface area contributed by atoms with Crippen LogP contribution >= 0.6 is 11.6 Å². The Hall–Kier alpha value is 0.224. The Kier molecular flexibility index (Phi) is 12.8. The molecule has 0 aromatic rings. The first-order valence-electron chi connectivity index (χ1n) is 3.22. The molecular weight excluding hydrogens is 191 g/mol. The van der Waals surface area contributed by atoms with Gasteiger partial charge in [-0.05, 0) is 0 Å². The fourth-order valence-electron chi connectivity index (χ4n) is 0.515. The van der Waals surface area contributed by atoms with Crippen molar-refractivity contribution in [2.45, 2.75) is 13.3 Å². The molecule has 60 valence electrons. The van der Waals surface area contributed by atoms with Crippen LogP contribution in [0.2, 0.25) is 0 Å². The van der Waals surface area contributed by atoms with Gasteiger partial charge in [0.25, 0.3) is 0 Å². The molecule has 0 radical (unpaired) electrons. The summed E-state index contributed by atoms with van der Waals surface area (Å²) < 4.78 is 0. The van der Waals surface area contributed by atoms with E-state index in [2.05, 4.69) is 31.7 Å². The maximum absolute atomic E-state index is 5.07. The van der Waals surface area contributed by atoms with Crippen LogP contribution in [0, 0.1) is 6.08 Å². The SMILES string of the molecule is C=CCCl.CC1=[C-]CC=C1.[Ti]. The summed E-state index contributed by atoms with van der Waals surface area (Å²) in [7, 11) is 0. The Morgan fingerprint density at radius 2 is 2.36 bits per heavy atom. The van der Waals surface area contributed by atoms with E-state index in [1.54, 1.807) is 6.08 Å². The largest absolute Gasteiger partial charge is 0.270 e. The molecule has 0 saturated carbocycles. The van der Waals surface area contributed by atoms with E-state index in [0.29, 0.717) is 5.88 Å². The van der Waals surface area contributed by atoms with E-state index >= 15 is 0 Å². The van der Waals surface area contributed by atoms with Crippen molar-refractivity contribution in [1.29, 1.82) is 0 Å². The summed E-state index contributed by atoms with van der Waals surface area (Å²) in [5.41, 5.74) is 1.27. The minimum absolute atomic E-state index is 0. The van der Waals surface area contributed by atoms with Crippen molar-refractivity contribution in [1.82, 2.24) is 0 Å². The molecule has 0 saturated heterocycles. The Bertz CT molecular complexity index is 145. The van der Waals surface area contributed by atoms with Gasteiger partial charge in [0, 0.05) is 27.6 Å². The topological polar surface area (TPSA) is 0 Å². The second-order valence-electron chi connectivity index (χ2n) is 1.91. The molecule has 0 bridgehead atoms. The molecule has 0 amide bonds. The summed E-state index contributed by atoms with van der Waals surface area (Å²) >= 11 is 5.07. The molecule has 0 atom stereocenters. The normalized spacial score (nSPS) is 12.4. The summed E-state index contributed by atoms with van der Waals surface area (Å²) in [4.78, 5) is 0. The first kappa shape index (κ1) is 13.8. The molecule has 0 N–H and O–H groups in total. The zero-order chi connectivity index (χ0) is 7.82. The minimum Gasteiger partial charge on any atom is -0.270 e. The van der Waals surface area contributed by atoms with E-state index in [1.807, 2.05) is 0 Å². The zero-order valence-corrected chi connectivity index (χ0v) is 9.05. The number of hydrogen-bond acceptors (Lipinski definition) is 0. The van der Waals surface area contributed by atoms with Gasteiger partial charge >= 0.3 is 0 Å². The Labute approximate surface area is 88.9 Å². The van der Waals surface area contributed by atoms with Gasteiger partial charge in [0.05, 0.1) is 0 Å². The quantitative estimate of drug-likeness (QED) is 0.266. The standard InChI is InChI=1S/C6H7.C3H5Cl.Ti/c1-6-4-2-3-5-6;1-2-3-4;/h2,4H,3H2,1H3;2H,1,3H2;/q-1;;. The second-order valence-corrected chi connectivity index (χ2v) is 2.22. The predicted molar refractivity (Wildman–Crippen MR) is 47.1 cm³/mol. The van der Waals surface area contributed by atoms with Gasteiger partial charge in [-0.2, -0.15) is 6.08 Å². The molecule has 0 unspecified atom stereocenters. The third-order valence-electron chi connectivity index (χ3n) is 0.976. The zero-order valence-electron chi connectivity index (χ0n) is 6.73. The van der Waals surface area contributed by atoms with Gasteiger partial charge in [-0.1, -0.05) is 13.0 Å². The maximum atomic E-state index is 5.07. The third-order valence-corrected chi connectivity index (χ3v) is 1.19. The first-order chi connectivity index (χ1) is 4.81. The van der Waals surface area contributed by atoms with Crippen LogP contribution in [0.1, 0.15) is 13.3 Å². The molecule has 0 spiro atoms. The van der Waals surface area contributed by atoms with Crippen molar-refractivity contribution in [3.05, 3.63) is 36.5 Å². The van der Waals surface area contributed by atoms with Crippen LogP contribution in [-0.4, -0.2) is 5.88 Å². The molecule has 1 aliphatic carbocycles. The molecule has 0 nitrogen and oxygen atoms in total. The average molecular weight is 204 g/mol. The van der Waals surface area contributed by atoms with Crippen molar-refractivity contribution < 1.29 is 21.7 Å². The predicted octanol–water partition coefficient (Wildman–Crippen LogP) is 3.10. The van der Waals surface area contributed by atoms with Crippen LogP contribution in [0.15, 0.2) is 30.4 Å². The molecular formula is C9H12ClTi-. The number of rotatable bonds is 1. The van der Waals surface area contributed by atoms with Crippen LogP contribution in [0.4, 0.5) is 0 Å². The van der Waals surface area contributed by atoms with Crippen molar-refractivity contribution in [2.24, 2.45) is 0 Å². The van der Waals surface area contributed by atoms with Gasteiger partial charge in [0.2, 0.25) is 0 Å². The Morgan fingerprint density at radius 1 is 1.82 bits per heavy atom. The molecule has 0 heterocycles. The molecule has 1 aliphatic rings. The molecule has 0 aromatic carbocycles. The number of halogens is 1. The van der Waals surface area contributed by atoms with Gasteiger partial charge in [0.1, 0.15) is 0 Å². The molecule has 0 aromatic heterocycles. The summed E-state index contributed by atoms with van der Waals surface area (Å²) in [5, 5.41) is 0. The van der Waals surface area contributed by atoms with Crippen LogP contribution in [0.5, 0.6) is 0 Å². The van der Waals surface area contributed by atoms with Crippen LogP contribution < -0.4 is 0 Å². The third kappa shape index (κ3) is 10.2. The molecule has 0 aliphatic heterocycles. The van der Waals surface area contributed by atoms with Crippen LogP contribution in [0.3, 0.4) is 0 Å². The Balaban J connectivity index is 0. The van der Waals surface area contributed by atoms with E-state index in [1.165, 1.54) is 5.57 Å². The number of hydrogen-bond donors (Lipinski definition) is 0. The summed E-state index contributed by atoms with van der Waals surface area (Å²) in [6.45, 7) is 5.41. The van der Waals surface area contributed by atoms with Crippen LogP contribution in [0.25, 0.3) is 0 Å². The first-order valence-corrected chi connectivity index (χ1v) is 3.75. The number of allylic oxidation sites excluding steroid dienone is 5. The van der Waals surface area contributed by atoms with Gasteiger partial charge in [-0.25, -0.2) is 11.6 Å². The van der Waals surface area contributed by atoms with Gasteiger partial charge in [-0.3, -0.25) is 6.08 Å². The van der Waals surface area contributed by atoms with E-state index in [9.17, 15) is 0 Å². The fourth-order valence-corrected chi connectivity index (χ4v) is 0.515. The van der Waals surface area contributed by atoms with E-state index < -0.39 is 0 Å². The van der Waals surface area contributed by atoms with E-state index in [0.717, 1.165) is 6.42 Å².